The summed E-state index contributed by atoms with van der Waals surface area (Å²) in [5, 5.41) is 10.5. The molecule has 0 aromatic heterocycles. The molecule has 1 heterocycles. The molecule has 3 rings (SSSR count). The number of fused-ring (bicyclic) bond motifs is 1. The molecule has 104 valence electrons. The molecule has 3 unspecified atom stereocenters. The van der Waals surface area contributed by atoms with E-state index in [1.165, 1.54) is 12.0 Å². The molecule has 2 aliphatic rings. The molecular formula is C17H25NO. The Hall–Kier alpha value is -0.860. The van der Waals surface area contributed by atoms with Crippen LogP contribution in [0.1, 0.15) is 44.4 Å². The van der Waals surface area contributed by atoms with Crippen LogP contribution in [0.3, 0.4) is 0 Å². The molecule has 1 aliphatic heterocycles. The summed E-state index contributed by atoms with van der Waals surface area (Å²) in [7, 11) is 0. The lowest BCUT2D eigenvalue weighted by atomic mass is 9.80. The third-order valence-corrected chi connectivity index (χ3v) is 5.08. The van der Waals surface area contributed by atoms with E-state index in [0.29, 0.717) is 11.5 Å². The highest BCUT2D eigenvalue weighted by molar-refractivity contribution is 5.36. The van der Waals surface area contributed by atoms with Crippen LogP contribution in [0.5, 0.6) is 0 Å². The van der Waals surface area contributed by atoms with Crippen LogP contribution in [-0.2, 0) is 6.42 Å². The number of aliphatic hydroxyl groups excluding tert-OH is 1. The van der Waals surface area contributed by atoms with Gasteiger partial charge in [-0.05, 0) is 41.8 Å². The molecule has 1 fully saturated rings. The van der Waals surface area contributed by atoms with Gasteiger partial charge in [-0.15, -0.1) is 0 Å². The summed E-state index contributed by atoms with van der Waals surface area (Å²) < 4.78 is 0. The number of rotatable bonds is 1. The third kappa shape index (κ3) is 2.32. The van der Waals surface area contributed by atoms with Crippen LogP contribution >= 0.6 is 0 Å². The molecule has 19 heavy (non-hydrogen) atoms. The van der Waals surface area contributed by atoms with Crippen LogP contribution in [-0.4, -0.2) is 29.1 Å². The first-order valence-corrected chi connectivity index (χ1v) is 7.47. The Bertz CT molecular complexity index is 463. The molecule has 2 heteroatoms. The number of nitrogens with zero attached hydrogens (tertiary/aromatic N) is 1. The van der Waals surface area contributed by atoms with Crippen molar-refractivity contribution < 1.29 is 5.11 Å². The fourth-order valence-electron chi connectivity index (χ4n) is 3.68. The van der Waals surface area contributed by atoms with E-state index in [9.17, 15) is 5.11 Å². The Balaban J connectivity index is 1.73. The van der Waals surface area contributed by atoms with Gasteiger partial charge in [-0.1, -0.05) is 45.0 Å². The number of aliphatic hydroxyl groups is 1. The van der Waals surface area contributed by atoms with E-state index in [2.05, 4.69) is 43.9 Å². The van der Waals surface area contributed by atoms with Crippen molar-refractivity contribution in [3.05, 3.63) is 35.4 Å². The van der Waals surface area contributed by atoms with Gasteiger partial charge in [0.25, 0.3) is 0 Å². The third-order valence-electron chi connectivity index (χ3n) is 5.08. The highest BCUT2D eigenvalue weighted by Gasteiger charge is 2.40. The molecule has 3 atom stereocenters. The molecular weight excluding hydrogens is 234 g/mol. The maximum Gasteiger partial charge on any atom is 0.0951 e. The molecule has 0 bridgehead atoms. The zero-order valence-corrected chi connectivity index (χ0v) is 12.3. The largest absolute Gasteiger partial charge is 0.387 e. The number of hydrogen-bond acceptors (Lipinski definition) is 2. The minimum atomic E-state index is -0.296. The average Bonchev–Trinajstić information content (AvgIpc) is 2.94. The van der Waals surface area contributed by atoms with E-state index in [0.717, 1.165) is 31.0 Å². The van der Waals surface area contributed by atoms with Gasteiger partial charge in [0.05, 0.1) is 6.10 Å². The van der Waals surface area contributed by atoms with Crippen molar-refractivity contribution in [2.75, 3.05) is 13.1 Å². The van der Waals surface area contributed by atoms with Crippen LogP contribution < -0.4 is 0 Å². The topological polar surface area (TPSA) is 23.5 Å². The molecule has 0 amide bonds. The van der Waals surface area contributed by atoms with Crippen molar-refractivity contribution in [2.45, 2.75) is 45.8 Å². The van der Waals surface area contributed by atoms with Gasteiger partial charge in [0, 0.05) is 12.6 Å². The van der Waals surface area contributed by atoms with E-state index in [4.69, 9.17) is 0 Å². The number of likely N-dealkylation sites (tertiary alicyclic amines) is 1. The molecule has 1 aromatic carbocycles. The van der Waals surface area contributed by atoms with Crippen LogP contribution in [0.15, 0.2) is 24.3 Å². The number of benzene rings is 1. The summed E-state index contributed by atoms with van der Waals surface area (Å²) in [5.41, 5.74) is 2.86. The van der Waals surface area contributed by atoms with Gasteiger partial charge in [0.2, 0.25) is 0 Å². The summed E-state index contributed by atoms with van der Waals surface area (Å²) in [6.45, 7) is 9.28. The second kappa shape index (κ2) is 4.60. The minimum absolute atomic E-state index is 0.296. The highest BCUT2D eigenvalue weighted by Crippen LogP contribution is 2.40. The second-order valence-corrected chi connectivity index (χ2v) is 7.26. The Kier molecular flexibility index (Phi) is 3.18. The molecule has 0 spiro atoms. The van der Waals surface area contributed by atoms with Gasteiger partial charge in [0.15, 0.2) is 0 Å². The Morgan fingerprint density at radius 3 is 2.58 bits per heavy atom. The highest BCUT2D eigenvalue weighted by atomic mass is 16.3. The fourth-order valence-corrected chi connectivity index (χ4v) is 3.68. The predicted octanol–water partition coefficient (Wildman–Crippen LogP) is 3.01. The molecule has 0 saturated carbocycles. The Labute approximate surface area is 116 Å². The SMILES string of the molecule is CC(C)(C)C1CCN(C2Cc3ccccc3C2O)C1. The lowest BCUT2D eigenvalue weighted by Crippen LogP contribution is -2.37. The fraction of sp³-hybridized carbons (Fsp3) is 0.647. The predicted molar refractivity (Wildman–Crippen MR) is 78.0 cm³/mol. The van der Waals surface area contributed by atoms with Gasteiger partial charge in [-0.25, -0.2) is 0 Å². The van der Waals surface area contributed by atoms with E-state index in [-0.39, 0.29) is 6.10 Å². The lowest BCUT2D eigenvalue weighted by Gasteiger charge is -2.30. The van der Waals surface area contributed by atoms with Crippen molar-refractivity contribution in [3.8, 4) is 0 Å². The maximum absolute atomic E-state index is 10.5. The van der Waals surface area contributed by atoms with Gasteiger partial charge in [-0.3, -0.25) is 4.90 Å². The Morgan fingerprint density at radius 1 is 1.21 bits per heavy atom. The maximum atomic E-state index is 10.5. The van der Waals surface area contributed by atoms with Crippen molar-refractivity contribution >= 4 is 0 Å². The molecule has 1 saturated heterocycles. The van der Waals surface area contributed by atoms with Crippen molar-refractivity contribution in [3.63, 3.8) is 0 Å². The first kappa shape index (κ1) is 13.1. The molecule has 1 aliphatic carbocycles. The van der Waals surface area contributed by atoms with Gasteiger partial charge >= 0.3 is 0 Å². The van der Waals surface area contributed by atoms with Gasteiger partial charge in [0.1, 0.15) is 0 Å². The van der Waals surface area contributed by atoms with E-state index in [1.807, 2.05) is 6.07 Å². The normalized spacial score (nSPS) is 31.7. The van der Waals surface area contributed by atoms with Crippen molar-refractivity contribution in [2.24, 2.45) is 11.3 Å². The number of hydrogen-bond donors (Lipinski definition) is 1. The van der Waals surface area contributed by atoms with Crippen molar-refractivity contribution in [1.29, 1.82) is 0 Å². The molecule has 0 radical (unpaired) electrons. The summed E-state index contributed by atoms with van der Waals surface area (Å²) in [5.74, 6) is 0.753. The minimum Gasteiger partial charge on any atom is -0.387 e. The zero-order chi connectivity index (χ0) is 13.6. The first-order valence-electron chi connectivity index (χ1n) is 7.47. The smallest absolute Gasteiger partial charge is 0.0951 e. The molecule has 1 aromatic rings. The summed E-state index contributed by atoms with van der Waals surface area (Å²) in [4.78, 5) is 2.51. The van der Waals surface area contributed by atoms with Gasteiger partial charge < -0.3 is 5.11 Å². The summed E-state index contributed by atoms with van der Waals surface area (Å²) in [6, 6.07) is 8.65. The quantitative estimate of drug-likeness (QED) is 0.838. The van der Waals surface area contributed by atoms with Crippen LogP contribution in [0.2, 0.25) is 0 Å². The van der Waals surface area contributed by atoms with Crippen molar-refractivity contribution in [1.82, 2.24) is 4.90 Å². The van der Waals surface area contributed by atoms with Gasteiger partial charge in [-0.2, -0.15) is 0 Å². The zero-order valence-electron chi connectivity index (χ0n) is 12.3. The summed E-state index contributed by atoms with van der Waals surface area (Å²) >= 11 is 0. The van der Waals surface area contributed by atoms with E-state index >= 15 is 0 Å². The van der Waals surface area contributed by atoms with E-state index in [1.54, 1.807) is 0 Å². The van der Waals surface area contributed by atoms with Crippen LogP contribution in [0.4, 0.5) is 0 Å². The second-order valence-electron chi connectivity index (χ2n) is 7.26. The average molecular weight is 259 g/mol. The molecule has 1 N–H and O–H groups in total. The first-order chi connectivity index (χ1) is 8.97. The Morgan fingerprint density at radius 2 is 1.95 bits per heavy atom. The standard InChI is InChI=1S/C17H25NO/c1-17(2,3)13-8-9-18(11-13)15-10-12-6-4-5-7-14(12)16(15)19/h4-7,13,15-16,19H,8-11H2,1-3H3. The van der Waals surface area contributed by atoms with Crippen LogP contribution in [0, 0.1) is 11.3 Å². The lowest BCUT2D eigenvalue weighted by molar-refractivity contribution is 0.0685. The van der Waals surface area contributed by atoms with E-state index < -0.39 is 0 Å². The van der Waals surface area contributed by atoms with Crippen LogP contribution in [0.25, 0.3) is 0 Å². The molecule has 2 nitrogen and oxygen atoms in total. The summed E-state index contributed by atoms with van der Waals surface area (Å²) in [6.07, 6.45) is 1.98. The monoisotopic (exact) mass is 259 g/mol.